The average molecular weight is 340 g/mol. The van der Waals surface area contributed by atoms with Crippen LogP contribution in [0.1, 0.15) is 18.9 Å². The topological polar surface area (TPSA) is 40.5 Å². The molecule has 0 aliphatic carbocycles. The zero-order valence-electron chi connectivity index (χ0n) is 15.2. The van der Waals surface area contributed by atoms with E-state index < -0.39 is 0 Å². The molecule has 1 aromatic heterocycles. The van der Waals surface area contributed by atoms with E-state index in [4.69, 9.17) is 0 Å². The number of carbonyl (C=O) groups excluding carboxylic acids is 1. The highest BCUT2D eigenvalue weighted by molar-refractivity contribution is 5.73. The van der Waals surface area contributed by atoms with Crippen molar-refractivity contribution in [3.8, 4) is 0 Å². The molecule has 1 atom stereocenters. The van der Waals surface area contributed by atoms with Gasteiger partial charge in [-0.2, -0.15) is 0 Å². The summed E-state index contributed by atoms with van der Waals surface area (Å²) >= 11 is 0. The van der Waals surface area contributed by atoms with Gasteiger partial charge >= 0.3 is 6.03 Å². The molecule has 1 fully saturated rings. The van der Waals surface area contributed by atoms with Crippen LogP contribution in [0.15, 0.2) is 48.8 Å². The molecular weight excluding hydrogens is 312 g/mol. The van der Waals surface area contributed by atoms with E-state index >= 15 is 0 Å². The Kier molecular flexibility index (Phi) is 5.64. The number of amides is 2. The number of anilines is 1. The number of hydrogen-bond donors (Lipinski definition) is 1. The molecule has 2 aromatic rings. The number of para-hydroxylation sites is 1. The zero-order chi connectivity index (χ0) is 17.6. The van der Waals surface area contributed by atoms with Gasteiger partial charge in [0.25, 0.3) is 0 Å². The van der Waals surface area contributed by atoms with Crippen LogP contribution < -0.4 is 10.2 Å². The lowest BCUT2D eigenvalue weighted by Gasteiger charge is -2.20. The van der Waals surface area contributed by atoms with Gasteiger partial charge in [0.2, 0.25) is 0 Å². The molecule has 0 unspecified atom stereocenters. The van der Waals surface area contributed by atoms with Gasteiger partial charge in [0.05, 0.1) is 0 Å². The van der Waals surface area contributed by atoms with E-state index in [-0.39, 0.29) is 6.03 Å². The van der Waals surface area contributed by atoms with Crippen molar-refractivity contribution >= 4 is 11.7 Å². The van der Waals surface area contributed by atoms with Crippen LogP contribution in [0, 0.1) is 5.92 Å². The molecule has 1 aromatic carbocycles. The van der Waals surface area contributed by atoms with Crippen LogP contribution >= 0.6 is 0 Å². The molecule has 0 spiro atoms. The van der Waals surface area contributed by atoms with E-state index in [0.29, 0.717) is 12.5 Å². The van der Waals surface area contributed by atoms with Gasteiger partial charge in [0, 0.05) is 57.9 Å². The fourth-order valence-electron chi connectivity index (χ4n) is 3.37. The van der Waals surface area contributed by atoms with Gasteiger partial charge in [0.15, 0.2) is 0 Å². The van der Waals surface area contributed by atoms with E-state index in [2.05, 4.69) is 64.4 Å². The molecule has 2 amide bonds. The number of nitrogens with zero attached hydrogens (tertiary/aromatic N) is 3. The van der Waals surface area contributed by atoms with Crippen molar-refractivity contribution in [2.45, 2.75) is 26.4 Å². The van der Waals surface area contributed by atoms with Crippen LogP contribution in [-0.2, 0) is 13.1 Å². The summed E-state index contributed by atoms with van der Waals surface area (Å²) in [5, 5.41) is 3.09. The third kappa shape index (κ3) is 4.56. The maximum absolute atomic E-state index is 12.3. The molecule has 0 radical (unpaired) electrons. The molecule has 1 saturated heterocycles. The second-order valence-electron chi connectivity index (χ2n) is 6.83. The van der Waals surface area contributed by atoms with Gasteiger partial charge in [0.1, 0.15) is 0 Å². The first kappa shape index (κ1) is 17.4. The zero-order valence-corrected chi connectivity index (χ0v) is 15.2. The Labute approximate surface area is 150 Å². The molecule has 2 heterocycles. The Morgan fingerprint density at radius 2 is 2.08 bits per heavy atom. The minimum atomic E-state index is 0.00223. The standard InChI is InChI=1S/C20H28N4O/c1-3-23-11-9-18(15-23)14-22(2)20(25)21-13-17-10-12-24(16-17)19-7-5-4-6-8-19/h4-9,11,15,17H,3,10,12-14,16H2,1-2H3,(H,21,25)/t17-/m1/s1. The summed E-state index contributed by atoms with van der Waals surface area (Å²) in [4.78, 5) is 16.5. The molecule has 0 bridgehead atoms. The number of rotatable bonds is 6. The molecule has 3 rings (SSSR count). The molecule has 1 N–H and O–H groups in total. The van der Waals surface area contributed by atoms with E-state index in [1.165, 1.54) is 5.69 Å². The quantitative estimate of drug-likeness (QED) is 0.877. The highest BCUT2D eigenvalue weighted by Crippen LogP contribution is 2.22. The van der Waals surface area contributed by atoms with E-state index in [0.717, 1.165) is 38.2 Å². The molecule has 5 heteroatoms. The Hall–Kier alpha value is -2.43. The van der Waals surface area contributed by atoms with Crippen LogP contribution in [0.4, 0.5) is 10.5 Å². The summed E-state index contributed by atoms with van der Waals surface area (Å²) in [5.41, 5.74) is 2.43. The van der Waals surface area contributed by atoms with Gasteiger partial charge in [-0.15, -0.1) is 0 Å². The van der Waals surface area contributed by atoms with Crippen molar-refractivity contribution in [3.05, 3.63) is 54.4 Å². The van der Waals surface area contributed by atoms with Crippen molar-refractivity contribution in [1.82, 2.24) is 14.8 Å². The molecule has 1 aliphatic heterocycles. The summed E-state index contributed by atoms with van der Waals surface area (Å²) in [5.74, 6) is 0.513. The summed E-state index contributed by atoms with van der Waals surface area (Å²) in [6.45, 7) is 6.51. The minimum Gasteiger partial charge on any atom is -0.371 e. The molecule has 134 valence electrons. The van der Waals surface area contributed by atoms with E-state index in [1.54, 1.807) is 4.90 Å². The Balaban J connectivity index is 1.43. The third-order valence-corrected chi connectivity index (χ3v) is 4.89. The number of nitrogens with one attached hydrogen (secondary N) is 1. The first-order chi connectivity index (χ1) is 12.2. The summed E-state index contributed by atoms with van der Waals surface area (Å²) < 4.78 is 2.12. The number of aryl methyl sites for hydroxylation is 1. The molecule has 1 aliphatic rings. The molecule has 0 saturated carbocycles. The molecular formula is C20H28N4O. The lowest BCUT2D eigenvalue weighted by molar-refractivity contribution is 0.205. The third-order valence-electron chi connectivity index (χ3n) is 4.89. The minimum absolute atomic E-state index is 0.00223. The second-order valence-corrected chi connectivity index (χ2v) is 6.83. The summed E-state index contributed by atoms with van der Waals surface area (Å²) in [7, 11) is 1.85. The molecule has 5 nitrogen and oxygen atoms in total. The smallest absolute Gasteiger partial charge is 0.317 e. The van der Waals surface area contributed by atoms with Crippen molar-refractivity contribution in [1.29, 1.82) is 0 Å². The van der Waals surface area contributed by atoms with Crippen molar-refractivity contribution in [3.63, 3.8) is 0 Å². The van der Waals surface area contributed by atoms with Gasteiger partial charge in [-0.3, -0.25) is 0 Å². The summed E-state index contributed by atoms with van der Waals surface area (Å²) in [6.07, 6.45) is 5.27. The second kappa shape index (κ2) is 8.10. The lowest BCUT2D eigenvalue weighted by Crippen LogP contribution is -2.39. The highest BCUT2D eigenvalue weighted by atomic mass is 16.2. The van der Waals surface area contributed by atoms with Crippen LogP contribution in [0.5, 0.6) is 0 Å². The van der Waals surface area contributed by atoms with E-state index in [1.807, 2.05) is 13.1 Å². The number of benzene rings is 1. The predicted molar refractivity (Wildman–Crippen MR) is 102 cm³/mol. The Morgan fingerprint density at radius 1 is 1.28 bits per heavy atom. The Bertz CT molecular complexity index is 682. The van der Waals surface area contributed by atoms with Gasteiger partial charge in [-0.25, -0.2) is 4.79 Å². The maximum atomic E-state index is 12.3. The van der Waals surface area contributed by atoms with Gasteiger partial charge < -0.3 is 19.7 Å². The number of aromatic nitrogens is 1. The van der Waals surface area contributed by atoms with Crippen LogP contribution in [0.3, 0.4) is 0 Å². The van der Waals surface area contributed by atoms with Gasteiger partial charge in [-0.1, -0.05) is 18.2 Å². The van der Waals surface area contributed by atoms with Gasteiger partial charge in [-0.05, 0) is 43.0 Å². The number of urea groups is 1. The first-order valence-electron chi connectivity index (χ1n) is 9.09. The lowest BCUT2D eigenvalue weighted by atomic mass is 10.1. The largest absolute Gasteiger partial charge is 0.371 e. The van der Waals surface area contributed by atoms with Crippen LogP contribution in [-0.4, -0.2) is 42.2 Å². The van der Waals surface area contributed by atoms with Crippen molar-refractivity contribution < 1.29 is 4.79 Å². The highest BCUT2D eigenvalue weighted by Gasteiger charge is 2.23. The fraction of sp³-hybridized carbons (Fsp3) is 0.450. The van der Waals surface area contributed by atoms with Crippen molar-refractivity contribution in [2.75, 3.05) is 31.6 Å². The normalized spacial score (nSPS) is 16.9. The van der Waals surface area contributed by atoms with E-state index in [9.17, 15) is 4.79 Å². The average Bonchev–Trinajstić information content (AvgIpc) is 3.29. The number of hydrogen-bond acceptors (Lipinski definition) is 2. The number of carbonyl (C=O) groups is 1. The Morgan fingerprint density at radius 3 is 2.80 bits per heavy atom. The predicted octanol–water partition coefficient (Wildman–Crippen LogP) is 3.18. The van der Waals surface area contributed by atoms with Crippen molar-refractivity contribution in [2.24, 2.45) is 5.92 Å². The summed E-state index contributed by atoms with van der Waals surface area (Å²) in [6, 6.07) is 12.6. The maximum Gasteiger partial charge on any atom is 0.317 e. The van der Waals surface area contributed by atoms with Crippen LogP contribution in [0.2, 0.25) is 0 Å². The first-order valence-corrected chi connectivity index (χ1v) is 9.09. The monoisotopic (exact) mass is 340 g/mol. The SMILES string of the molecule is CCn1ccc(CN(C)C(=O)NC[C@H]2CCN(c3ccccc3)C2)c1. The fourth-order valence-corrected chi connectivity index (χ4v) is 3.37. The van der Waals surface area contributed by atoms with Crippen LogP contribution in [0.25, 0.3) is 0 Å². The molecule has 25 heavy (non-hydrogen) atoms.